The number of esters is 2. The highest BCUT2D eigenvalue weighted by Gasteiger charge is 2.36. The number of carbonyl (C=O) groups excluding carboxylic acids is 2. The third kappa shape index (κ3) is 24.4. The van der Waals surface area contributed by atoms with Gasteiger partial charge >= 0.3 is 11.9 Å². The second-order valence-corrected chi connectivity index (χ2v) is 12.6. The Labute approximate surface area is 270 Å². The molecule has 4 atom stereocenters. The molecule has 1 rings (SSSR count). The van der Waals surface area contributed by atoms with Gasteiger partial charge in [-0.1, -0.05) is 128 Å². The van der Waals surface area contributed by atoms with Gasteiger partial charge in [0.2, 0.25) is 0 Å². The Bertz CT molecular complexity index is 788. The van der Waals surface area contributed by atoms with Gasteiger partial charge < -0.3 is 19.3 Å². The van der Waals surface area contributed by atoms with Crippen LogP contribution in [0.3, 0.4) is 0 Å². The average molecular weight is 619 g/mol. The predicted octanol–water partition coefficient (Wildman–Crippen LogP) is 9.74. The second-order valence-electron chi connectivity index (χ2n) is 12.6. The van der Waals surface area contributed by atoms with Crippen molar-refractivity contribution in [2.75, 3.05) is 13.2 Å². The average Bonchev–Trinajstić information content (AvgIpc) is 3.78. The summed E-state index contributed by atoms with van der Waals surface area (Å²) >= 11 is 0. The van der Waals surface area contributed by atoms with Gasteiger partial charge in [0.1, 0.15) is 6.61 Å². The number of hydrogen-bond acceptors (Lipinski definition) is 6. The standard InChI is InChI=1S/C38H66O6/c1-4-6-7-8-9-10-11-12-13-17-20-23-27-35-36(44-35)28-25-30-38(41)43-34(31-39)32-42-37(40)29-24-21-18-15-14-16-19-22-26-33(3)5-2/h9-10,12-13,20,23,33-36,39H,4-8,11,14-19,21-22,24-32H2,1-3H3/b10-9-,13-12-,23-20-/t33?,34-,35?,36?/m0/s1. The molecule has 6 nitrogen and oxygen atoms in total. The van der Waals surface area contributed by atoms with Gasteiger partial charge in [-0.3, -0.25) is 9.59 Å². The maximum atomic E-state index is 12.2. The number of carbonyl (C=O) groups is 2. The Morgan fingerprint density at radius 3 is 2.07 bits per heavy atom. The van der Waals surface area contributed by atoms with Crippen molar-refractivity contribution >= 4 is 11.9 Å². The Balaban J connectivity index is 1.98. The molecule has 0 bridgehead atoms. The molecule has 254 valence electrons. The van der Waals surface area contributed by atoms with E-state index in [-0.39, 0.29) is 43.8 Å². The number of allylic oxidation sites excluding steroid dienone is 5. The van der Waals surface area contributed by atoms with Crippen LogP contribution in [0.15, 0.2) is 36.5 Å². The number of unbranched alkanes of at least 4 members (excludes halogenated alkanes) is 10. The number of rotatable bonds is 30. The molecule has 1 N–H and O–H groups in total. The summed E-state index contributed by atoms with van der Waals surface area (Å²) in [6.07, 6.45) is 35.0. The first-order chi connectivity index (χ1) is 21.5. The van der Waals surface area contributed by atoms with Gasteiger partial charge in [-0.05, 0) is 57.3 Å². The molecule has 44 heavy (non-hydrogen) atoms. The summed E-state index contributed by atoms with van der Waals surface area (Å²) in [6.45, 7) is 6.37. The smallest absolute Gasteiger partial charge is 0.306 e. The first-order valence-corrected chi connectivity index (χ1v) is 18.1. The largest absolute Gasteiger partial charge is 0.462 e. The van der Waals surface area contributed by atoms with Crippen LogP contribution in [-0.2, 0) is 23.8 Å². The van der Waals surface area contributed by atoms with Gasteiger partial charge in [-0.25, -0.2) is 0 Å². The fraction of sp³-hybridized carbons (Fsp3) is 0.789. The van der Waals surface area contributed by atoms with Crippen LogP contribution in [0.2, 0.25) is 0 Å². The van der Waals surface area contributed by atoms with E-state index < -0.39 is 6.10 Å². The van der Waals surface area contributed by atoms with Crippen molar-refractivity contribution in [3.05, 3.63) is 36.5 Å². The van der Waals surface area contributed by atoms with E-state index in [4.69, 9.17) is 14.2 Å². The van der Waals surface area contributed by atoms with Crippen molar-refractivity contribution < 1.29 is 28.9 Å². The lowest BCUT2D eigenvalue weighted by Crippen LogP contribution is -2.28. The molecule has 1 saturated heterocycles. The maximum Gasteiger partial charge on any atom is 0.306 e. The van der Waals surface area contributed by atoms with Crippen molar-refractivity contribution in [2.45, 2.75) is 174 Å². The molecular formula is C38H66O6. The van der Waals surface area contributed by atoms with Crippen LogP contribution in [0.5, 0.6) is 0 Å². The molecule has 0 aliphatic carbocycles. The minimum absolute atomic E-state index is 0.0944. The van der Waals surface area contributed by atoms with Gasteiger partial charge in [-0.2, -0.15) is 0 Å². The fourth-order valence-electron chi connectivity index (χ4n) is 5.14. The summed E-state index contributed by atoms with van der Waals surface area (Å²) in [4.78, 5) is 24.3. The first kappa shape index (κ1) is 40.1. The Morgan fingerprint density at radius 1 is 0.750 bits per heavy atom. The van der Waals surface area contributed by atoms with E-state index in [2.05, 4.69) is 57.2 Å². The van der Waals surface area contributed by atoms with E-state index in [1.807, 2.05) is 0 Å². The van der Waals surface area contributed by atoms with Crippen molar-refractivity contribution in [1.82, 2.24) is 0 Å². The predicted molar refractivity (Wildman–Crippen MR) is 181 cm³/mol. The van der Waals surface area contributed by atoms with Crippen LogP contribution in [-0.4, -0.2) is 48.6 Å². The van der Waals surface area contributed by atoms with Crippen LogP contribution in [0.1, 0.15) is 156 Å². The van der Waals surface area contributed by atoms with E-state index in [0.29, 0.717) is 12.8 Å². The lowest BCUT2D eigenvalue weighted by atomic mass is 9.99. The summed E-state index contributed by atoms with van der Waals surface area (Å²) in [6, 6.07) is 0. The molecule has 0 aromatic heterocycles. The third-order valence-electron chi connectivity index (χ3n) is 8.40. The zero-order valence-electron chi connectivity index (χ0n) is 28.5. The third-order valence-corrected chi connectivity index (χ3v) is 8.40. The number of epoxide rings is 1. The molecular weight excluding hydrogens is 552 g/mol. The maximum absolute atomic E-state index is 12.2. The minimum atomic E-state index is -0.808. The molecule has 0 radical (unpaired) electrons. The van der Waals surface area contributed by atoms with Crippen molar-refractivity contribution in [3.63, 3.8) is 0 Å². The molecule has 0 amide bonds. The van der Waals surface area contributed by atoms with Crippen LogP contribution in [0.4, 0.5) is 0 Å². The first-order valence-electron chi connectivity index (χ1n) is 18.1. The highest BCUT2D eigenvalue weighted by Crippen LogP contribution is 2.30. The van der Waals surface area contributed by atoms with Gasteiger partial charge in [-0.15, -0.1) is 0 Å². The fourth-order valence-corrected chi connectivity index (χ4v) is 5.14. The van der Waals surface area contributed by atoms with Crippen molar-refractivity contribution in [1.29, 1.82) is 0 Å². The molecule has 6 heteroatoms. The van der Waals surface area contributed by atoms with E-state index in [1.54, 1.807) is 0 Å². The lowest BCUT2D eigenvalue weighted by Gasteiger charge is -2.15. The Kier molecular flexibility index (Phi) is 26.0. The van der Waals surface area contributed by atoms with E-state index >= 15 is 0 Å². The molecule has 3 unspecified atom stereocenters. The molecule has 0 spiro atoms. The van der Waals surface area contributed by atoms with Gasteiger partial charge in [0.05, 0.1) is 18.8 Å². The van der Waals surface area contributed by atoms with Crippen LogP contribution in [0.25, 0.3) is 0 Å². The van der Waals surface area contributed by atoms with Gasteiger partial charge in [0, 0.05) is 12.8 Å². The zero-order chi connectivity index (χ0) is 32.1. The molecule has 1 fully saturated rings. The number of aliphatic hydroxyl groups excluding tert-OH is 1. The normalized spacial score (nSPS) is 17.9. The highest BCUT2D eigenvalue weighted by molar-refractivity contribution is 5.70. The molecule has 1 heterocycles. The Morgan fingerprint density at radius 2 is 1.39 bits per heavy atom. The molecule has 0 aromatic rings. The van der Waals surface area contributed by atoms with Gasteiger partial charge in [0.15, 0.2) is 6.10 Å². The topological polar surface area (TPSA) is 85.4 Å². The van der Waals surface area contributed by atoms with E-state index in [9.17, 15) is 14.7 Å². The quantitative estimate of drug-likeness (QED) is 0.0373. The molecule has 1 aliphatic rings. The van der Waals surface area contributed by atoms with Crippen LogP contribution < -0.4 is 0 Å². The SMILES string of the molecule is CCCCC/C=C\C/C=C\C/C=C\CC1OC1CCCC(=O)O[C@@H](CO)COC(=O)CCCCCCCCCCC(C)CC. The second kappa shape index (κ2) is 28.5. The number of ether oxygens (including phenoxy) is 3. The van der Waals surface area contributed by atoms with Gasteiger partial charge in [0.25, 0.3) is 0 Å². The van der Waals surface area contributed by atoms with Crippen LogP contribution in [0, 0.1) is 5.92 Å². The molecule has 0 saturated carbocycles. The Hall–Kier alpha value is -1.92. The summed E-state index contributed by atoms with van der Waals surface area (Å²) in [5.41, 5.74) is 0. The summed E-state index contributed by atoms with van der Waals surface area (Å²) in [5.74, 6) is 0.181. The van der Waals surface area contributed by atoms with Crippen LogP contribution >= 0.6 is 0 Å². The molecule has 0 aromatic carbocycles. The zero-order valence-corrected chi connectivity index (χ0v) is 28.5. The lowest BCUT2D eigenvalue weighted by molar-refractivity contribution is -0.161. The van der Waals surface area contributed by atoms with E-state index in [1.165, 1.54) is 70.6 Å². The highest BCUT2D eigenvalue weighted by atomic mass is 16.6. The number of hydrogen-bond donors (Lipinski definition) is 1. The van der Waals surface area contributed by atoms with Crippen molar-refractivity contribution in [2.24, 2.45) is 5.92 Å². The van der Waals surface area contributed by atoms with Crippen molar-refractivity contribution in [3.8, 4) is 0 Å². The minimum Gasteiger partial charge on any atom is -0.462 e. The van der Waals surface area contributed by atoms with E-state index in [0.717, 1.165) is 50.9 Å². The summed E-state index contributed by atoms with van der Waals surface area (Å²) in [5, 5.41) is 9.54. The monoisotopic (exact) mass is 618 g/mol. The summed E-state index contributed by atoms with van der Waals surface area (Å²) < 4.78 is 16.3. The number of aliphatic hydroxyl groups is 1. The molecule has 1 aliphatic heterocycles. The summed E-state index contributed by atoms with van der Waals surface area (Å²) in [7, 11) is 0.